The van der Waals surface area contributed by atoms with Crippen molar-refractivity contribution >= 4 is 47.9 Å². The second-order valence-corrected chi connectivity index (χ2v) is 17.0. The van der Waals surface area contributed by atoms with Gasteiger partial charge in [-0.3, -0.25) is 13.4 Å². The van der Waals surface area contributed by atoms with Crippen LogP contribution in [0.1, 0.15) is 36.9 Å². The Hall–Kier alpha value is -2.33. The van der Waals surface area contributed by atoms with Gasteiger partial charge in [-0.05, 0) is 85.8 Å². The van der Waals surface area contributed by atoms with Crippen LogP contribution in [-0.4, -0.2) is 60.6 Å². The molecule has 43 heavy (non-hydrogen) atoms. The van der Waals surface area contributed by atoms with Crippen molar-refractivity contribution in [2.45, 2.75) is 37.1 Å². The first-order valence-corrected chi connectivity index (χ1v) is 18.7. The molecule has 1 saturated heterocycles. The molecule has 0 saturated carbocycles. The van der Waals surface area contributed by atoms with E-state index < -0.39 is 59.8 Å². The number of unbranched alkanes of at least 4 members (excludes halogenated alkanes) is 1. The van der Waals surface area contributed by atoms with Gasteiger partial charge in [0.25, 0.3) is 10.0 Å². The summed E-state index contributed by atoms with van der Waals surface area (Å²) >= 11 is 5.93. The second kappa shape index (κ2) is 13.3. The van der Waals surface area contributed by atoms with Gasteiger partial charge in [0.2, 0.25) is 10.0 Å². The van der Waals surface area contributed by atoms with E-state index in [-0.39, 0.29) is 53.1 Å². The quantitative estimate of drug-likeness (QED) is 0.226. The molecule has 3 aromatic rings. The molecule has 15 heteroatoms. The average Bonchev–Trinajstić information content (AvgIpc) is 2.93. The number of sulfonamides is 2. The highest BCUT2D eigenvalue weighted by molar-refractivity contribution is 8.24. The maximum atomic E-state index is 15.1. The molecule has 1 atom stereocenters. The topological polar surface area (TPSA) is 115 Å². The SMILES string of the molecule is C[C@H](c1ccc(F)cc1CCCCS(=O)(=O)N1CCS(O)(O)CC1)N(c1cc(F)ccc1F)S(=O)(=O)c1ccc(Cl)cc1. The molecule has 0 spiro atoms. The fourth-order valence-corrected chi connectivity index (χ4v) is 9.75. The van der Waals surface area contributed by atoms with Crippen molar-refractivity contribution < 1.29 is 39.1 Å². The van der Waals surface area contributed by atoms with E-state index in [0.717, 1.165) is 28.6 Å². The fourth-order valence-electron chi connectivity index (χ4n) is 4.96. The summed E-state index contributed by atoms with van der Waals surface area (Å²) in [6.45, 7) is 1.51. The number of rotatable bonds is 11. The molecule has 4 rings (SSSR count). The lowest BCUT2D eigenvalue weighted by atomic mass is 9.97. The van der Waals surface area contributed by atoms with Crippen molar-refractivity contribution in [3.63, 3.8) is 0 Å². The number of aryl methyl sites for hydroxylation is 1. The number of benzene rings is 3. The van der Waals surface area contributed by atoms with Crippen LogP contribution in [0.3, 0.4) is 0 Å². The Balaban J connectivity index is 1.60. The number of hydrogen-bond donors (Lipinski definition) is 2. The van der Waals surface area contributed by atoms with Gasteiger partial charge in [0, 0.05) is 24.2 Å². The van der Waals surface area contributed by atoms with Crippen LogP contribution in [0.2, 0.25) is 5.02 Å². The van der Waals surface area contributed by atoms with Gasteiger partial charge in [0.15, 0.2) is 0 Å². The van der Waals surface area contributed by atoms with Crippen LogP contribution in [0, 0.1) is 17.5 Å². The molecule has 1 aliphatic heterocycles. The minimum absolute atomic E-state index is 0.0158. The standard InChI is InChI=1S/C28H32ClF3N2O6S3/c1-20(34(28-19-24(31)8-12-27(28)32)43(39,40)25-9-5-22(29)6-10-25)26-11-7-23(30)18-21(26)4-2-3-15-42(37,38)33-13-16-41(35,36)17-14-33/h5-12,18-20,35-36H,2-4,13-17H2,1H3/t20-/m1/s1. The molecular formula is C28H32ClF3N2O6S3. The molecule has 1 aliphatic rings. The Morgan fingerprint density at radius 1 is 0.907 bits per heavy atom. The lowest BCUT2D eigenvalue weighted by Crippen LogP contribution is -2.43. The number of nitrogens with zero attached hydrogens (tertiary/aromatic N) is 2. The summed E-state index contributed by atoms with van der Waals surface area (Å²) in [5.74, 6) is -2.69. The summed E-state index contributed by atoms with van der Waals surface area (Å²) < 4.78 is 119. The second-order valence-electron chi connectivity index (χ2n) is 10.3. The third-order valence-corrected chi connectivity index (χ3v) is 13.0. The molecule has 0 amide bonds. The Kier molecular flexibility index (Phi) is 10.4. The lowest BCUT2D eigenvalue weighted by molar-refractivity contribution is 0.401. The molecule has 8 nitrogen and oxygen atoms in total. The van der Waals surface area contributed by atoms with E-state index in [1.807, 2.05) is 0 Å². The minimum atomic E-state index is -4.49. The van der Waals surface area contributed by atoms with E-state index in [0.29, 0.717) is 17.5 Å². The van der Waals surface area contributed by atoms with Crippen LogP contribution < -0.4 is 4.31 Å². The van der Waals surface area contributed by atoms with E-state index in [9.17, 15) is 34.7 Å². The smallest absolute Gasteiger partial charge is 0.264 e. The van der Waals surface area contributed by atoms with Crippen LogP contribution in [0.5, 0.6) is 0 Å². The van der Waals surface area contributed by atoms with E-state index in [2.05, 4.69) is 0 Å². The third-order valence-electron chi connectivity index (χ3n) is 7.25. The first kappa shape index (κ1) is 33.6. The van der Waals surface area contributed by atoms with E-state index in [1.165, 1.54) is 47.6 Å². The van der Waals surface area contributed by atoms with Crippen molar-refractivity contribution in [3.8, 4) is 0 Å². The zero-order valence-corrected chi connectivity index (χ0v) is 26.4. The molecule has 1 heterocycles. The molecule has 2 N–H and O–H groups in total. The summed E-state index contributed by atoms with van der Waals surface area (Å²) in [7, 11) is -10.9. The molecule has 0 unspecified atom stereocenters. The van der Waals surface area contributed by atoms with Gasteiger partial charge in [-0.2, -0.15) is 14.9 Å². The highest BCUT2D eigenvalue weighted by Gasteiger charge is 2.34. The molecular weight excluding hydrogens is 649 g/mol. The van der Waals surface area contributed by atoms with E-state index >= 15 is 4.39 Å². The average molecular weight is 681 g/mol. The normalized spacial score (nSPS) is 17.4. The molecule has 0 aliphatic carbocycles. The maximum Gasteiger partial charge on any atom is 0.264 e. The number of anilines is 1. The molecule has 0 radical (unpaired) electrons. The van der Waals surface area contributed by atoms with Gasteiger partial charge in [0.05, 0.1) is 33.9 Å². The van der Waals surface area contributed by atoms with Gasteiger partial charge >= 0.3 is 0 Å². The molecule has 3 aromatic carbocycles. The predicted octanol–water partition coefficient (Wildman–Crippen LogP) is 6.43. The first-order valence-electron chi connectivity index (χ1n) is 13.4. The van der Waals surface area contributed by atoms with Crippen molar-refractivity contribution in [1.82, 2.24) is 4.31 Å². The highest BCUT2D eigenvalue weighted by atomic mass is 35.5. The van der Waals surface area contributed by atoms with Crippen LogP contribution in [0.4, 0.5) is 18.9 Å². The zero-order valence-electron chi connectivity index (χ0n) is 23.2. The Morgan fingerprint density at radius 3 is 2.16 bits per heavy atom. The minimum Gasteiger partial charge on any atom is -0.299 e. The Labute approximate surface area is 256 Å². The van der Waals surface area contributed by atoms with Gasteiger partial charge in [-0.15, -0.1) is 0 Å². The van der Waals surface area contributed by atoms with E-state index in [1.54, 1.807) is 0 Å². The van der Waals surface area contributed by atoms with Gasteiger partial charge in [0.1, 0.15) is 17.5 Å². The van der Waals surface area contributed by atoms with Crippen LogP contribution in [0.25, 0.3) is 0 Å². The summed E-state index contributed by atoms with van der Waals surface area (Å²) in [4.78, 5) is -0.222. The first-order chi connectivity index (χ1) is 20.1. The van der Waals surface area contributed by atoms with Crippen LogP contribution in [0.15, 0.2) is 65.6 Å². The monoisotopic (exact) mass is 680 g/mol. The van der Waals surface area contributed by atoms with Crippen molar-refractivity contribution in [1.29, 1.82) is 0 Å². The van der Waals surface area contributed by atoms with E-state index in [4.69, 9.17) is 11.6 Å². The van der Waals surface area contributed by atoms with Gasteiger partial charge in [-0.1, -0.05) is 17.7 Å². The van der Waals surface area contributed by atoms with Crippen LogP contribution in [-0.2, 0) is 26.5 Å². The molecule has 236 valence electrons. The van der Waals surface area contributed by atoms with Gasteiger partial charge in [-0.25, -0.2) is 30.0 Å². The van der Waals surface area contributed by atoms with Crippen molar-refractivity contribution in [3.05, 3.63) is 94.3 Å². The summed E-state index contributed by atoms with van der Waals surface area (Å²) in [5.41, 5.74) is 0.165. The predicted molar refractivity (Wildman–Crippen MR) is 163 cm³/mol. The van der Waals surface area contributed by atoms with Crippen molar-refractivity contribution in [2.24, 2.45) is 0 Å². The lowest BCUT2D eigenvalue weighted by Gasteiger charge is -2.40. The largest absolute Gasteiger partial charge is 0.299 e. The van der Waals surface area contributed by atoms with Gasteiger partial charge < -0.3 is 0 Å². The van der Waals surface area contributed by atoms with Crippen molar-refractivity contribution in [2.75, 3.05) is 34.7 Å². The Bertz CT molecular complexity index is 1670. The zero-order chi connectivity index (χ0) is 31.6. The molecule has 0 bridgehead atoms. The third kappa shape index (κ3) is 8.04. The fraction of sp³-hybridized carbons (Fsp3) is 0.357. The summed E-state index contributed by atoms with van der Waals surface area (Å²) in [6.07, 6.45) is 0.669. The summed E-state index contributed by atoms with van der Waals surface area (Å²) in [5, 5.41) is 0.273. The highest BCUT2D eigenvalue weighted by Crippen LogP contribution is 2.41. The molecule has 1 fully saturated rings. The number of halogens is 4. The maximum absolute atomic E-state index is 15.1. The number of hydrogen-bond acceptors (Lipinski definition) is 6. The molecule has 0 aromatic heterocycles. The van der Waals surface area contributed by atoms with Crippen LogP contribution >= 0.6 is 22.2 Å². The summed E-state index contributed by atoms with van der Waals surface area (Å²) in [6, 6.07) is 10.2. The Morgan fingerprint density at radius 2 is 1.51 bits per heavy atom.